The lowest BCUT2D eigenvalue weighted by Crippen LogP contribution is -2.36. The van der Waals surface area contributed by atoms with Gasteiger partial charge in [-0.05, 0) is 56.8 Å². The van der Waals surface area contributed by atoms with Gasteiger partial charge in [-0.1, -0.05) is 6.42 Å². The van der Waals surface area contributed by atoms with Crippen molar-refractivity contribution in [2.75, 3.05) is 26.9 Å². The smallest absolute Gasteiger partial charge is 0.336 e. The number of aromatic hydroxyl groups is 1. The molecule has 3 rings (SSSR count). The van der Waals surface area contributed by atoms with E-state index in [9.17, 15) is 14.7 Å². The summed E-state index contributed by atoms with van der Waals surface area (Å²) in [5.41, 5.74) is 2.06. The first-order chi connectivity index (χ1) is 14.4. The molecule has 1 N–H and O–H groups in total. The van der Waals surface area contributed by atoms with E-state index in [0.29, 0.717) is 42.3 Å². The van der Waals surface area contributed by atoms with Gasteiger partial charge in [-0.15, -0.1) is 0 Å². The van der Waals surface area contributed by atoms with Crippen molar-refractivity contribution in [2.45, 2.75) is 58.5 Å². The number of hydrogen-bond donors (Lipinski definition) is 1. The summed E-state index contributed by atoms with van der Waals surface area (Å²) in [6.45, 7) is 6.03. The number of aryl methyl sites for hydroxylation is 2. The van der Waals surface area contributed by atoms with E-state index < -0.39 is 5.63 Å². The number of piperidine rings is 1. The highest BCUT2D eigenvalue weighted by atomic mass is 16.6. The van der Waals surface area contributed by atoms with Crippen LogP contribution in [-0.2, 0) is 27.2 Å². The number of phenolic OH excluding ortho intramolecular Hbond substituents is 1. The van der Waals surface area contributed by atoms with Gasteiger partial charge in [0.15, 0.2) is 0 Å². The highest BCUT2D eigenvalue weighted by Crippen LogP contribution is 2.35. The number of carbonyl (C=O) groups is 1. The van der Waals surface area contributed by atoms with Gasteiger partial charge in [-0.3, -0.25) is 9.69 Å². The van der Waals surface area contributed by atoms with Gasteiger partial charge in [0, 0.05) is 37.6 Å². The minimum Gasteiger partial charge on any atom is -0.507 e. The van der Waals surface area contributed by atoms with Crippen molar-refractivity contribution in [1.29, 1.82) is 0 Å². The molecule has 1 atom stereocenters. The predicted molar refractivity (Wildman–Crippen MR) is 114 cm³/mol. The quantitative estimate of drug-likeness (QED) is 0.400. The van der Waals surface area contributed by atoms with E-state index in [1.54, 1.807) is 7.11 Å². The second-order valence-corrected chi connectivity index (χ2v) is 8.02. The number of hydrogen-bond acceptors (Lipinski definition) is 7. The van der Waals surface area contributed by atoms with Gasteiger partial charge in [0.2, 0.25) is 0 Å². The molecule has 1 unspecified atom stereocenters. The van der Waals surface area contributed by atoms with Crippen LogP contribution < -0.4 is 5.63 Å². The molecule has 30 heavy (non-hydrogen) atoms. The molecule has 0 bridgehead atoms. The fraction of sp³-hybridized carbons (Fsp3) is 0.565. The molecular formula is C23H31NO6. The molecule has 1 fully saturated rings. The molecule has 0 saturated carbocycles. The molecule has 0 spiro atoms. The Bertz CT molecular complexity index is 951. The monoisotopic (exact) mass is 417 g/mol. The van der Waals surface area contributed by atoms with E-state index in [1.807, 2.05) is 13.0 Å². The summed E-state index contributed by atoms with van der Waals surface area (Å²) in [7, 11) is 1.55. The Labute approximate surface area is 176 Å². The second-order valence-electron chi connectivity index (χ2n) is 8.02. The number of methoxy groups -OCH3 is 1. The molecule has 1 aromatic carbocycles. The molecule has 0 aliphatic carbocycles. The molecule has 7 nitrogen and oxygen atoms in total. The number of likely N-dealkylation sites (tertiary alicyclic amines) is 1. The lowest BCUT2D eigenvalue weighted by Gasteiger charge is -2.33. The first-order valence-electron chi connectivity index (χ1n) is 10.6. The number of fused-ring (bicyclic) bond motifs is 1. The molecule has 1 saturated heterocycles. The van der Waals surface area contributed by atoms with Gasteiger partial charge in [-0.25, -0.2) is 4.79 Å². The first kappa shape index (κ1) is 22.3. The standard InChI is InChI=1S/C23H31NO6/c1-15-12-21(26)30-23-18(15)13-17(7-8-20(25)29-11-10-28-3)22(27)19(23)14-24-9-5-4-6-16(24)2/h12-13,16,27H,4-11,14H2,1-3H3. The van der Waals surface area contributed by atoms with E-state index in [0.717, 1.165) is 30.3 Å². The molecule has 0 amide bonds. The first-order valence-corrected chi connectivity index (χ1v) is 10.6. The Morgan fingerprint density at radius 1 is 1.30 bits per heavy atom. The summed E-state index contributed by atoms with van der Waals surface area (Å²) in [4.78, 5) is 26.3. The van der Waals surface area contributed by atoms with Crippen LogP contribution in [0.5, 0.6) is 5.75 Å². The van der Waals surface area contributed by atoms with E-state index in [4.69, 9.17) is 13.9 Å². The largest absolute Gasteiger partial charge is 0.507 e. The molecular weight excluding hydrogens is 386 g/mol. The third-order valence-electron chi connectivity index (χ3n) is 5.84. The predicted octanol–water partition coefficient (Wildman–Crippen LogP) is 3.30. The van der Waals surface area contributed by atoms with Gasteiger partial charge < -0.3 is 19.0 Å². The number of phenols is 1. The molecule has 164 valence electrons. The zero-order chi connectivity index (χ0) is 21.7. The highest BCUT2D eigenvalue weighted by Gasteiger charge is 2.24. The maximum Gasteiger partial charge on any atom is 0.336 e. The Hall–Kier alpha value is -2.38. The zero-order valence-electron chi connectivity index (χ0n) is 18.0. The van der Waals surface area contributed by atoms with Crippen LogP contribution in [0.25, 0.3) is 11.0 Å². The Morgan fingerprint density at radius 2 is 2.10 bits per heavy atom. The van der Waals surface area contributed by atoms with E-state index >= 15 is 0 Å². The van der Waals surface area contributed by atoms with Gasteiger partial charge in [0.1, 0.15) is 17.9 Å². The summed E-state index contributed by atoms with van der Waals surface area (Å²) in [5, 5.41) is 11.8. The molecule has 2 aromatic rings. The normalized spacial score (nSPS) is 17.4. The number of ether oxygens (including phenoxy) is 2. The van der Waals surface area contributed by atoms with Gasteiger partial charge >= 0.3 is 11.6 Å². The van der Waals surface area contributed by atoms with Crippen LogP contribution in [-0.4, -0.2) is 48.9 Å². The number of nitrogens with zero attached hydrogens (tertiary/aromatic N) is 1. The average molecular weight is 418 g/mol. The summed E-state index contributed by atoms with van der Waals surface area (Å²) in [6, 6.07) is 3.66. The summed E-state index contributed by atoms with van der Waals surface area (Å²) in [5.74, 6) is -0.243. The Kier molecular flexibility index (Phi) is 7.50. The molecule has 2 heterocycles. The van der Waals surface area contributed by atoms with Crippen molar-refractivity contribution >= 4 is 16.9 Å². The maximum atomic E-state index is 12.0. The maximum absolute atomic E-state index is 12.0. The summed E-state index contributed by atoms with van der Waals surface area (Å²) < 4.78 is 15.5. The van der Waals surface area contributed by atoms with Crippen molar-refractivity contribution < 1.29 is 23.8 Å². The zero-order valence-corrected chi connectivity index (χ0v) is 18.0. The van der Waals surface area contributed by atoms with Crippen molar-refractivity contribution in [3.05, 3.63) is 39.2 Å². The third-order valence-corrected chi connectivity index (χ3v) is 5.84. The van der Waals surface area contributed by atoms with Crippen LogP contribution >= 0.6 is 0 Å². The lowest BCUT2D eigenvalue weighted by molar-refractivity contribution is -0.144. The van der Waals surface area contributed by atoms with Crippen LogP contribution in [0, 0.1) is 6.92 Å². The summed E-state index contributed by atoms with van der Waals surface area (Å²) >= 11 is 0. The van der Waals surface area contributed by atoms with Gasteiger partial charge in [-0.2, -0.15) is 0 Å². The van der Waals surface area contributed by atoms with E-state index in [2.05, 4.69) is 11.8 Å². The second kappa shape index (κ2) is 10.1. The highest BCUT2D eigenvalue weighted by molar-refractivity contribution is 5.86. The van der Waals surface area contributed by atoms with Crippen molar-refractivity contribution in [1.82, 2.24) is 4.90 Å². The minimum absolute atomic E-state index is 0.0960. The fourth-order valence-electron chi connectivity index (χ4n) is 4.05. The molecule has 0 radical (unpaired) electrons. The molecule has 1 aliphatic rings. The average Bonchev–Trinajstić information content (AvgIpc) is 2.71. The Balaban J connectivity index is 1.92. The molecule has 1 aromatic heterocycles. The molecule has 7 heteroatoms. The van der Waals surface area contributed by atoms with Crippen molar-refractivity contribution in [3.8, 4) is 5.75 Å². The van der Waals surface area contributed by atoms with Crippen molar-refractivity contribution in [2.24, 2.45) is 0 Å². The van der Waals surface area contributed by atoms with Crippen molar-refractivity contribution in [3.63, 3.8) is 0 Å². The van der Waals surface area contributed by atoms with E-state index in [1.165, 1.54) is 12.5 Å². The SMILES string of the molecule is COCCOC(=O)CCc1cc2c(C)cc(=O)oc2c(CN2CCCCC2C)c1O. The topological polar surface area (TPSA) is 89.2 Å². The number of carbonyl (C=O) groups excluding carboxylic acids is 1. The summed E-state index contributed by atoms with van der Waals surface area (Å²) in [6.07, 6.45) is 3.91. The van der Waals surface area contributed by atoms with Gasteiger partial charge in [0.25, 0.3) is 0 Å². The number of esters is 1. The van der Waals surface area contributed by atoms with Crippen LogP contribution in [0.3, 0.4) is 0 Å². The Morgan fingerprint density at radius 3 is 2.83 bits per heavy atom. The van der Waals surface area contributed by atoms with E-state index in [-0.39, 0.29) is 24.7 Å². The third kappa shape index (κ3) is 5.21. The number of rotatable bonds is 8. The van der Waals surface area contributed by atoms with Crippen LogP contribution in [0.2, 0.25) is 0 Å². The lowest BCUT2D eigenvalue weighted by atomic mass is 9.96. The minimum atomic E-state index is -0.429. The van der Waals surface area contributed by atoms with Crippen LogP contribution in [0.4, 0.5) is 0 Å². The van der Waals surface area contributed by atoms with Crippen LogP contribution in [0.1, 0.15) is 49.3 Å². The molecule has 1 aliphatic heterocycles. The van der Waals surface area contributed by atoms with Crippen LogP contribution in [0.15, 0.2) is 21.3 Å². The van der Waals surface area contributed by atoms with Gasteiger partial charge in [0.05, 0.1) is 12.2 Å². The number of benzene rings is 1. The fourth-order valence-corrected chi connectivity index (χ4v) is 4.05.